The third kappa shape index (κ3) is 3.33. The van der Waals surface area contributed by atoms with Crippen LogP contribution in [0.5, 0.6) is 0 Å². The Bertz CT molecular complexity index is 850. The first-order chi connectivity index (χ1) is 12.0. The molecule has 0 aromatic carbocycles. The van der Waals surface area contributed by atoms with E-state index in [1.165, 1.54) is 13.2 Å². The normalized spacial score (nSPS) is 30.7. The van der Waals surface area contributed by atoms with Crippen molar-refractivity contribution in [2.24, 2.45) is 0 Å². The van der Waals surface area contributed by atoms with Gasteiger partial charge in [0.2, 0.25) is 0 Å². The van der Waals surface area contributed by atoms with Gasteiger partial charge in [-0.1, -0.05) is 0 Å². The second-order valence-corrected chi connectivity index (χ2v) is 7.15. The lowest BCUT2D eigenvalue weighted by atomic mass is 9.92. The quantitative estimate of drug-likeness (QED) is 0.277. The molecule has 1 fully saturated rings. The molecule has 0 bridgehead atoms. The molecule has 0 amide bonds. The summed E-state index contributed by atoms with van der Waals surface area (Å²) in [6.07, 6.45) is -5.50. The van der Waals surface area contributed by atoms with Gasteiger partial charge in [-0.25, -0.2) is 14.5 Å². The van der Waals surface area contributed by atoms with Crippen molar-refractivity contribution < 1.29 is 43.3 Å². The monoisotopic (exact) mass is 391 g/mol. The number of nitrogens with zero attached hydrogens (tertiary/aromatic N) is 2. The summed E-state index contributed by atoms with van der Waals surface area (Å²) in [5.74, 6) is 0.275. The summed E-state index contributed by atoms with van der Waals surface area (Å²) in [6.45, 7) is 1.22. The molecule has 2 aromatic heterocycles. The van der Waals surface area contributed by atoms with Crippen molar-refractivity contribution in [1.29, 1.82) is 0 Å². The minimum Gasteiger partial charge on any atom is -0.459 e. The van der Waals surface area contributed by atoms with E-state index in [1.807, 2.05) is 0 Å². The van der Waals surface area contributed by atoms with Crippen LogP contribution in [-0.2, 0) is 13.8 Å². The van der Waals surface area contributed by atoms with Crippen molar-refractivity contribution in [3.05, 3.63) is 18.2 Å². The summed E-state index contributed by atoms with van der Waals surface area (Å²) in [5.41, 5.74) is -1.20. The molecule has 1 aliphatic rings. The second-order valence-electron chi connectivity index (χ2n) is 5.95. The van der Waals surface area contributed by atoms with Crippen LogP contribution in [0.1, 0.15) is 18.9 Å². The predicted molar refractivity (Wildman–Crippen MR) is 84.7 cm³/mol. The van der Waals surface area contributed by atoms with E-state index in [1.54, 1.807) is 13.1 Å². The van der Waals surface area contributed by atoms with E-state index in [4.69, 9.17) is 18.9 Å². The second kappa shape index (κ2) is 6.51. The number of phosphoric ester groups is 1. The van der Waals surface area contributed by atoms with Gasteiger partial charge in [-0.2, -0.15) is 0 Å². The SMILES string of the molecule is CNc1nc(C2O[C@H](C(O)OP(=O)(O)O)[C@@H](O)[C@@]2(C)O)nc2ccoc12. The van der Waals surface area contributed by atoms with E-state index < -0.39 is 38.0 Å². The summed E-state index contributed by atoms with van der Waals surface area (Å²) >= 11 is 0. The molecule has 0 saturated carbocycles. The fourth-order valence-electron chi connectivity index (χ4n) is 2.77. The lowest BCUT2D eigenvalue weighted by Gasteiger charge is -2.26. The zero-order chi connectivity index (χ0) is 19.3. The van der Waals surface area contributed by atoms with Crippen LogP contribution in [-0.4, -0.2) is 66.2 Å². The van der Waals surface area contributed by atoms with Crippen LogP contribution in [0.25, 0.3) is 11.1 Å². The molecule has 3 heterocycles. The molecule has 1 saturated heterocycles. The molecular formula is C13H18N3O9P. The molecule has 2 aromatic rings. The summed E-state index contributed by atoms with van der Waals surface area (Å²) in [6, 6.07) is 1.56. The van der Waals surface area contributed by atoms with Crippen LogP contribution < -0.4 is 5.32 Å². The minimum absolute atomic E-state index is 0.0295. The number of hydrogen-bond acceptors (Lipinski definition) is 10. The number of rotatable bonds is 5. The third-order valence-corrected chi connectivity index (χ3v) is 4.54. The van der Waals surface area contributed by atoms with Gasteiger partial charge in [0.1, 0.15) is 29.4 Å². The zero-order valence-corrected chi connectivity index (χ0v) is 14.6. The van der Waals surface area contributed by atoms with Gasteiger partial charge in [0.05, 0.1) is 6.26 Å². The standard InChI is InChI=1S/C13H18N3O9P/c1-13(19)8(17)7(12(18)25-26(20,21)22)24-9(13)11-15-5-3-4-23-6(5)10(14-2)16-11/h3-4,7-9,12,17-19H,1-2H3,(H,14,15,16)(H2,20,21,22)/t7-,8+,9?,12?,13+/m0/s1. The Kier molecular flexibility index (Phi) is 4.80. The predicted octanol–water partition coefficient (Wildman–Crippen LogP) is -0.756. The maximum atomic E-state index is 10.9. The Hall–Kier alpha value is -1.63. The summed E-state index contributed by atoms with van der Waals surface area (Å²) in [5, 5.41) is 33.5. The average Bonchev–Trinajstić information content (AvgIpc) is 3.08. The van der Waals surface area contributed by atoms with Crippen molar-refractivity contribution in [3.63, 3.8) is 0 Å². The fourth-order valence-corrected chi connectivity index (χ4v) is 3.17. The van der Waals surface area contributed by atoms with Crippen LogP contribution >= 0.6 is 7.82 Å². The Morgan fingerprint density at radius 3 is 2.73 bits per heavy atom. The van der Waals surface area contributed by atoms with Crippen molar-refractivity contribution in [2.45, 2.75) is 37.1 Å². The molecule has 26 heavy (non-hydrogen) atoms. The average molecular weight is 391 g/mol. The lowest BCUT2D eigenvalue weighted by Crippen LogP contribution is -2.46. The first-order valence-electron chi connectivity index (χ1n) is 7.45. The Labute approximate surface area is 146 Å². The van der Waals surface area contributed by atoms with Gasteiger partial charge in [-0.05, 0) is 6.92 Å². The van der Waals surface area contributed by atoms with E-state index in [0.29, 0.717) is 16.9 Å². The molecule has 0 radical (unpaired) electrons. The van der Waals surface area contributed by atoms with Gasteiger partial charge in [-0.15, -0.1) is 0 Å². The van der Waals surface area contributed by atoms with E-state index in [2.05, 4.69) is 19.8 Å². The maximum absolute atomic E-state index is 10.9. The summed E-state index contributed by atoms with van der Waals surface area (Å²) < 4.78 is 25.7. The van der Waals surface area contributed by atoms with E-state index in [-0.39, 0.29) is 5.82 Å². The van der Waals surface area contributed by atoms with Gasteiger partial charge in [0, 0.05) is 13.1 Å². The number of fused-ring (bicyclic) bond motifs is 1. The number of hydrogen-bond donors (Lipinski definition) is 6. The van der Waals surface area contributed by atoms with Gasteiger partial charge in [0.15, 0.2) is 23.5 Å². The molecule has 12 nitrogen and oxygen atoms in total. The van der Waals surface area contributed by atoms with Gasteiger partial charge in [-0.3, -0.25) is 4.52 Å². The van der Waals surface area contributed by atoms with Crippen LogP contribution in [0.2, 0.25) is 0 Å². The van der Waals surface area contributed by atoms with Crippen molar-refractivity contribution in [1.82, 2.24) is 9.97 Å². The number of furan rings is 1. The topological polar surface area (TPSA) is 188 Å². The highest BCUT2D eigenvalue weighted by Gasteiger charge is 2.57. The van der Waals surface area contributed by atoms with Crippen molar-refractivity contribution >= 4 is 24.7 Å². The maximum Gasteiger partial charge on any atom is 0.472 e. The Morgan fingerprint density at radius 2 is 2.12 bits per heavy atom. The fraction of sp³-hybridized carbons (Fsp3) is 0.538. The number of aliphatic hydroxyl groups is 3. The number of phosphoric acid groups is 1. The largest absolute Gasteiger partial charge is 0.472 e. The molecule has 13 heteroatoms. The Morgan fingerprint density at radius 1 is 1.42 bits per heavy atom. The van der Waals surface area contributed by atoms with E-state index in [9.17, 15) is 19.9 Å². The molecule has 2 unspecified atom stereocenters. The van der Waals surface area contributed by atoms with E-state index in [0.717, 1.165) is 0 Å². The minimum atomic E-state index is -5.05. The van der Waals surface area contributed by atoms with Crippen LogP contribution in [0.4, 0.5) is 5.82 Å². The number of nitrogens with one attached hydrogen (secondary N) is 1. The number of ether oxygens (including phenoxy) is 1. The number of aromatic nitrogens is 2. The highest BCUT2D eigenvalue weighted by atomic mass is 31.2. The first kappa shape index (κ1) is 19.1. The molecule has 0 aliphatic carbocycles. The molecule has 144 valence electrons. The Balaban J connectivity index is 1.96. The van der Waals surface area contributed by atoms with Crippen LogP contribution in [0.3, 0.4) is 0 Å². The van der Waals surface area contributed by atoms with Crippen LogP contribution in [0.15, 0.2) is 16.7 Å². The lowest BCUT2D eigenvalue weighted by molar-refractivity contribution is -0.154. The van der Waals surface area contributed by atoms with Crippen molar-refractivity contribution in [3.8, 4) is 0 Å². The molecule has 0 spiro atoms. The number of aliphatic hydroxyl groups excluding tert-OH is 2. The zero-order valence-electron chi connectivity index (χ0n) is 13.7. The molecule has 5 atom stereocenters. The van der Waals surface area contributed by atoms with Gasteiger partial charge in [0.25, 0.3) is 0 Å². The molecular weight excluding hydrogens is 373 g/mol. The first-order valence-corrected chi connectivity index (χ1v) is 8.98. The summed E-state index contributed by atoms with van der Waals surface area (Å²) in [4.78, 5) is 26.0. The smallest absolute Gasteiger partial charge is 0.459 e. The van der Waals surface area contributed by atoms with Gasteiger partial charge < -0.3 is 39.6 Å². The molecule has 1 aliphatic heterocycles. The van der Waals surface area contributed by atoms with Crippen LogP contribution in [0, 0.1) is 0 Å². The number of anilines is 1. The molecule has 3 rings (SSSR count). The van der Waals surface area contributed by atoms with Crippen molar-refractivity contribution in [2.75, 3.05) is 12.4 Å². The summed E-state index contributed by atoms with van der Waals surface area (Å²) in [7, 11) is -3.45. The highest BCUT2D eigenvalue weighted by Crippen LogP contribution is 2.45. The third-order valence-electron chi connectivity index (χ3n) is 4.05. The molecule has 6 N–H and O–H groups in total. The van der Waals surface area contributed by atoms with E-state index >= 15 is 0 Å². The highest BCUT2D eigenvalue weighted by molar-refractivity contribution is 7.46. The van der Waals surface area contributed by atoms with Gasteiger partial charge >= 0.3 is 7.82 Å².